The van der Waals surface area contributed by atoms with Crippen LogP contribution in [0.25, 0.3) is 5.82 Å². The first-order valence-electron chi connectivity index (χ1n) is 5.97. The Kier molecular flexibility index (Phi) is 3.26. The number of hydrogen-bond donors (Lipinski definition) is 0. The number of aromatic nitrogens is 4. The number of ether oxygens (including phenoxy) is 1. The van der Waals surface area contributed by atoms with Gasteiger partial charge in [0.1, 0.15) is 5.75 Å². The fraction of sp³-hybridized carbons (Fsp3) is 0. The molecule has 0 amide bonds. The van der Waals surface area contributed by atoms with E-state index in [1.807, 2.05) is 0 Å². The number of nitro groups is 1. The van der Waals surface area contributed by atoms with Gasteiger partial charge in [-0.15, -0.1) is 0 Å². The van der Waals surface area contributed by atoms with E-state index >= 15 is 0 Å². The Morgan fingerprint density at radius 1 is 1.14 bits per heavy atom. The number of pyridine rings is 2. The summed E-state index contributed by atoms with van der Waals surface area (Å²) in [4.78, 5) is 17.8. The minimum absolute atomic E-state index is 0.227. The van der Waals surface area contributed by atoms with E-state index in [1.165, 1.54) is 18.3 Å². The minimum atomic E-state index is -0.563. The summed E-state index contributed by atoms with van der Waals surface area (Å²) in [5.74, 6) is 1.31. The fourth-order valence-electron chi connectivity index (χ4n) is 1.67. The van der Waals surface area contributed by atoms with E-state index in [0.717, 1.165) is 0 Å². The van der Waals surface area contributed by atoms with E-state index < -0.39 is 4.92 Å². The van der Waals surface area contributed by atoms with E-state index in [0.29, 0.717) is 17.3 Å². The molecule has 0 radical (unpaired) electrons. The van der Waals surface area contributed by atoms with Gasteiger partial charge in [0.2, 0.25) is 0 Å². The van der Waals surface area contributed by atoms with E-state index in [-0.39, 0.29) is 5.82 Å². The van der Waals surface area contributed by atoms with Crippen LogP contribution in [0.2, 0.25) is 0 Å². The van der Waals surface area contributed by atoms with Gasteiger partial charge in [-0.1, -0.05) is 0 Å². The Morgan fingerprint density at radius 2 is 2.05 bits per heavy atom. The standard InChI is InChI=1S/C13H9N5O3/c19-18(20)12-3-2-11(9-15-12)21-10-4-6-14-13(8-10)17-7-1-5-16-17/h1-9H. The van der Waals surface area contributed by atoms with Crippen LogP contribution in [0.1, 0.15) is 0 Å². The van der Waals surface area contributed by atoms with Crippen molar-refractivity contribution in [2.24, 2.45) is 0 Å². The zero-order valence-electron chi connectivity index (χ0n) is 10.7. The van der Waals surface area contributed by atoms with Crippen LogP contribution in [0, 0.1) is 10.1 Å². The molecule has 0 aliphatic heterocycles. The molecule has 0 spiro atoms. The molecule has 0 saturated heterocycles. The van der Waals surface area contributed by atoms with E-state index in [2.05, 4.69) is 15.1 Å². The van der Waals surface area contributed by atoms with Crippen molar-refractivity contribution in [3.63, 3.8) is 0 Å². The lowest BCUT2D eigenvalue weighted by molar-refractivity contribution is -0.389. The first-order valence-corrected chi connectivity index (χ1v) is 5.97. The Labute approximate surface area is 118 Å². The quantitative estimate of drug-likeness (QED) is 0.538. The molecule has 0 N–H and O–H groups in total. The molecule has 3 aromatic rings. The second-order valence-electron chi connectivity index (χ2n) is 4.01. The zero-order valence-corrected chi connectivity index (χ0v) is 10.7. The van der Waals surface area contributed by atoms with Crippen molar-refractivity contribution in [1.29, 1.82) is 0 Å². The smallest absolute Gasteiger partial charge is 0.363 e. The highest BCUT2D eigenvalue weighted by Crippen LogP contribution is 2.22. The molecule has 0 fully saturated rings. The average molecular weight is 283 g/mol. The lowest BCUT2D eigenvalue weighted by Crippen LogP contribution is -1.98. The normalized spacial score (nSPS) is 10.3. The molecule has 8 nitrogen and oxygen atoms in total. The van der Waals surface area contributed by atoms with Gasteiger partial charge in [-0.25, -0.2) is 9.67 Å². The number of nitrogens with zero attached hydrogens (tertiary/aromatic N) is 5. The maximum absolute atomic E-state index is 10.5. The highest BCUT2D eigenvalue weighted by Gasteiger charge is 2.08. The predicted octanol–water partition coefficient (Wildman–Crippen LogP) is 2.36. The summed E-state index contributed by atoms with van der Waals surface area (Å²) in [6, 6.07) is 7.93. The molecule has 0 bridgehead atoms. The molecule has 8 heteroatoms. The molecule has 3 aromatic heterocycles. The molecule has 0 atom stereocenters. The topological polar surface area (TPSA) is 96.0 Å². The Hall–Kier alpha value is -3.29. The van der Waals surface area contributed by atoms with Crippen LogP contribution < -0.4 is 4.74 Å². The molecule has 0 saturated carbocycles. The van der Waals surface area contributed by atoms with Crippen LogP contribution in [-0.4, -0.2) is 24.7 Å². The van der Waals surface area contributed by atoms with Crippen molar-refractivity contribution in [3.8, 4) is 17.3 Å². The lowest BCUT2D eigenvalue weighted by Gasteiger charge is -2.05. The third-order valence-electron chi connectivity index (χ3n) is 2.60. The van der Waals surface area contributed by atoms with Gasteiger partial charge in [0.25, 0.3) is 0 Å². The van der Waals surface area contributed by atoms with Crippen molar-refractivity contribution in [2.75, 3.05) is 0 Å². The lowest BCUT2D eigenvalue weighted by atomic mass is 10.4. The monoisotopic (exact) mass is 283 g/mol. The van der Waals surface area contributed by atoms with E-state index in [4.69, 9.17) is 4.74 Å². The molecule has 21 heavy (non-hydrogen) atoms. The Morgan fingerprint density at radius 3 is 2.71 bits per heavy atom. The van der Waals surface area contributed by atoms with Crippen molar-refractivity contribution < 1.29 is 9.66 Å². The molecule has 3 rings (SSSR count). The number of hydrogen-bond acceptors (Lipinski definition) is 6. The molecule has 0 aliphatic rings. The predicted molar refractivity (Wildman–Crippen MR) is 72.3 cm³/mol. The van der Waals surface area contributed by atoms with Crippen molar-refractivity contribution >= 4 is 5.82 Å². The second-order valence-corrected chi connectivity index (χ2v) is 4.01. The summed E-state index contributed by atoms with van der Waals surface area (Å²) in [7, 11) is 0. The summed E-state index contributed by atoms with van der Waals surface area (Å²) < 4.78 is 7.18. The second kappa shape index (κ2) is 5.37. The minimum Gasteiger partial charge on any atom is -0.453 e. The molecular weight excluding hydrogens is 274 g/mol. The van der Waals surface area contributed by atoms with Crippen LogP contribution in [0.5, 0.6) is 11.5 Å². The molecule has 0 aliphatic carbocycles. The SMILES string of the molecule is O=[N+]([O-])c1ccc(Oc2ccnc(-n3cccn3)c2)cn1. The molecule has 3 heterocycles. The Balaban J connectivity index is 1.81. The summed E-state index contributed by atoms with van der Waals surface area (Å²) in [6.45, 7) is 0. The maximum Gasteiger partial charge on any atom is 0.363 e. The van der Waals surface area contributed by atoms with Crippen LogP contribution >= 0.6 is 0 Å². The highest BCUT2D eigenvalue weighted by molar-refractivity contribution is 5.36. The van der Waals surface area contributed by atoms with Gasteiger partial charge >= 0.3 is 5.82 Å². The van der Waals surface area contributed by atoms with Crippen LogP contribution in [0.4, 0.5) is 5.82 Å². The van der Waals surface area contributed by atoms with Gasteiger partial charge in [-0.3, -0.25) is 0 Å². The van der Waals surface area contributed by atoms with Gasteiger partial charge < -0.3 is 14.9 Å². The summed E-state index contributed by atoms with van der Waals surface area (Å²) in [5, 5.41) is 14.6. The molecule has 104 valence electrons. The van der Waals surface area contributed by atoms with Gasteiger partial charge in [0.15, 0.2) is 17.8 Å². The van der Waals surface area contributed by atoms with E-state index in [1.54, 1.807) is 41.5 Å². The van der Waals surface area contributed by atoms with Crippen LogP contribution in [0.3, 0.4) is 0 Å². The third kappa shape index (κ3) is 2.84. The number of rotatable bonds is 4. The summed E-state index contributed by atoms with van der Waals surface area (Å²) in [5.41, 5.74) is 0. The van der Waals surface area contributed by atoms with Crippen molar-refractivity contribution in [1.82, 2.24) is 19.7 Å². The van der Waals surface area contributed by atoms with Gasteiger partial charge in [0.05, 0.1) is 0 Å². The Bertz CT molecular complexity index is 756. The first-order chi connectivity index (χ1) is 10.2. The van der Waals surface area contributed by atoms with Gasteiger partial charge in [-0.2, -0.15) is 5.10 Å². The van der Waals surface area contributed by atoms with Crippen LogP contribution in [0.15, 0.2) is 55.1 Å². The van der Waals surface area contributed by atoms with Gasteiger partial charge in [-0.05, 0) is 28.1 Å². The van der Waals surface area contributed by atoms with Crippen molar-refractivity contribution in [2.45, 2.75) is 0 Å². The maximum atomic E-state index is 10.5. The van der Waals surface area contributed by atoms with Crippen LogP contribution in [-0.2, 0) is 0 Å². The first kappa shape index (κ1) is 12.7. The molecular formula is C13H9N5O3. The van der Waals surface area contributed by atoms with Gasteiger partial charge in [0, 0.05) is 30.7 Å². The largest absolute Gasteiger partial charge is 0.453 e. The molecule has 0 unspecified atom stereocenters. The summed E-state index contributed by atoms with van der Waals surface area (Å²) in [6.07, 6.45) is 6.30. The summed E-state index contributed by atoms with van der Waals surface area (Å²) >= 11 is 0. The fourth-order valence-corrected chi connectivity index (χ4v) is 1.67. The van der Waals surface area contributed by atoms with E-state index in [9.17, 15) is 10.1 Å². The average Bonchev–Trinajstić information content (AvgIpc) is 3.02. The third-order valence-corrected chi connectivity index (χ3v) is 2.60. The zero-order chi connectivity index (χ0) is 14.7. The van der Waals surface area contributed by atoms with Crippen molar-refractivity contribution in [3.05, 3.63) is 65.2 Å². The molecule has 0 aromatic carbocycles. The highest BCUT2D eigenvalue weighted by atomic mass is 16.6.